The summed E-state index contributed by atoms with van der Waals surface area (Å²) in [6.07, 6.45) is 2.88. The predicted molar refractivity (Wildman–Crippen MR) is 186 cm³/mol. The molecule has 10 nitrogen and oxygen atoms in total. The van der Waals surface area contributed by atoms with Gasteiger partial charge in [0.25, 0.3) is 0 Å². The second kappa shape index (κ2) is 14.5. The second-order valence-electron chi connectivity index (χ2n) is 12.9. The van der Waals surface area contributed by atoms with Crippen LogP contribution < -0.4 is 14.5 Å². The smallest absolute Gasteiger partial charge is 0.410 e. The molecule has 4 aromatic rings. The lowest BCUT2D eigenvalue weighted by molar-refractivity contribution is 0.0767. The molecule has 1 aromatic heterocycles. The summed E-state index contributed by atoms with van der Waals surface area (Å²) < 4.78 is 12.1. The van der Waals surface area contributed by atoms with Crippen LogP contribution in [0.25, 0.3) is 10.8 Å². The summed E-state index contributed by atoms with van der Waals surface area (Å²) in [6.45, 7) is 8.02. The summed E-state index contributed by atoms with van der Waals surface area (Å²) in [7, 11) is 0. The number of piperazine rings is 1. The van der Waals surface area contributed by atoms with Crippen molar-refractivity contribution < 1.29 is 14.3 Å². The van der Waals surface area contributed by atoms with Gasteiger partial charge in [-0.15, -0.1) is 0 Å². The molecule has 2 atom stereocenters. The largest absolute Gasteiger partial charge is 0.462 e. The average molecular weight is 646 g/mol. The van der Waals surface area contributed by atoms with Gasteiger partial charge < -0.3 is 24.2 Å². The average Bonchev–Trinajstić information content (AvgIpc) is 3.60. The number of nitrogens with zero attached hydrogens (tertiary/aromatic N) is 7. The lowest BCUT2D eigenvalue weighted by atomic mass is 10.0. The number of carbonyl (C=O) groups is 1. The predicted octanol–water partition coefficient (Wildman–Crippen LogP) is 5.80. The standard InChI is InChI=1S/C38H43N7O3/c1-2-42-20-9-14-31(42)27-47-37-40-34-25-43(35-16-8-13-29-12-6-7-15-32(29)35)21-18-33(34)36(41-37)44-22-23-45(30(24-44)17-19-39)38(46)48-26-28-10-4-3-5-11-28/h3-8,10-13,15-16,30-31H,2,9,14,17-18,20-27H2,1H3. The third-order valence-electron chi connectivity index (χ3n) is 9.99. The molecule has 248 valence electrons. The molecule has 2 saturated heterocycles. The minimum atomic E-state index is -0.393. The number of hydrogen-bond acceptors (Lipinski definition) is 9. The number of likely N-dealkylation sites (tertiary alicyclic amines) is 1. The highest BCUT2D eigenvalue weighted by Gasteiger charge is 2.35. The van der Waals surface area contributed by atoms with Crippen molar-refractivity contribution in [2.75, 3.05) is 55.7 Å². The van der Waals surface area contributed by atoms with Gasteiger partial charge in [-0.2, -0.15) is 15.2 Å². The normalized spacial score (nSPS) is 19.6. The molecule has 3 aliphatic heterocycles. The van der Waals surface area contributed by atoms with E-state index in [0.717, 1.165) is 55.1 Å². The number of benzene rings is 3. The second-order valence-corrected chi connectivity index (χ2v) is 12.9. The van der Waals surface area contributed by atoms with Crippen molar-refractivity contribution in [3.8, 4) is 12.1 Å². The van der Waals surface area contributed by atoms with Crippen LogP contribution in [-0.2, 0) is 24.3 Å². The minimum Gasteiger partial charge on any atom is -0.462 e. The Morgan fingerprint density at radius 2 is 1.77 bits per heavy atom. The topological polar surface area (TPSA) is 98.1 Å². The summed E-state index contributed by atoms with van der Waals surface area (Å²) >= 11 is 0. The Labute approximate surface area is 282 Å². The van der Waals surface area contributed by atoms with E-state index in [0.29, 0.717) is 44.8 Å². The molecule has 7 rings (SSSR count). The van der Waals surface area contributed by atoms with Crippen LogP contribution in [0.2, 0.25) is 0 Å². The molecule has 4 heterocycles. The lowest BCUT2D eigenvalue weighted by Gasteiger charge is -2.42. The summed E-state index contributed by atoms with van der Waals surface area (Å²) in [6, 6.07) is 27.3. The summed E-state index contributed by atoms with van der Waals surface area (Å²) in [4.78, 5) is 32.1. The molecule has 0 saturated carbocycles. The number of rotatable bonds is 9. The van der Waals surface area contributed by atoms with Gasteiger partial charge in [0.2, 0.25) is 0 Å². The molecule has 1 amide bonds. The number of hydrogen-bond donors (Lipinski definition) is 0. The highest BCUT2D eigenvalue weighted by atomic mass is 16.6. The first-order valence-corrected chi connectivity index (χ1v) is 17.2. The first kappa shape index (κ1) is 31.7. The number of nitriles is 1. The number of fused-ring (bicyclic) bond motifs is 2. The molecule has 0 bridgehead atoms. The fraction of sp³-hybridized carbons (Fsp3) is 0.421. The first-order chi connectivity index (χ1) is 23.6. The van der Waals surface area contributed by atoms with E-state index in [1.165, 1.54) is 22.9 Å². The van der Waals surface area contributed by atoms with Gasteiger partial charge >= 0.3 is 12.1 Å². The van der Waals surface area contributed by atoms with Crippen LogP contribution in [0.15, 0.2) is 72.8 Å². The van der Waals surface area contributed by atoms with E-state index in [1.807, 2.05) is 30.3 Å². The van der Waals surface area contributed by atoms with E-state index in [4.69, 9.17) is 19.4 Å². The summed E-state index contributed by atoms with van der Waals surface area (Å²) in [5, 5.41) is 12.2. The molecular formula is C38H43N7O3. The molecule has 3 aromatic carbocycles. The molecule has 0 aliphatic carbocycles. The monoisotopic (exact) mass is 645 g/mol. The third kappa shape index (κ3) is 6.74. The van der Waals surface area contributed by atoms with E-state index in [1.54, 1.807) is 4.90 Å². The van der Waals surface area contributed by atoms with Gasteiger partial charge in [-0.1, -0.05) is 73.7 Å². The van der Waals surface area contributed by atoms with Crippen LogP contribution in [0.3, 0.4) is 0 Å². The molecule has 2 unspecified atom stereocenters. The van der Waals surface area contributed by atoms with Gasteiger partial charge in [-0.05, 0) is 49.4 Å². The molecule has 0 N–H and O–H groups in total. The quantitative estimate of drug-likeness (QED) is 0.224. The van der Waals surface area contributed by atoms with Crippen molar-refractivity contribution >= 4 is 28.4 Å². The molecular weight excluding hydrogens is 602 g/mol. The fourth-order valence-electron chi connectivity index (χ4n) is 7.45. The highest BCUT2D eigenvalue weighted by Crippen LogP contribution is 2.35. The van der Waals surface area contributed by atoms with Crippen LogP contribution in [0.1, 0.15) is 43.0 Å². The lowest BCUT2D eigenvalue weighted by Crippen LogP contribution is -2.55. The van der Waals surface area contributed by atoms with E-state index in [2.05, 4.69) is 70.2 Å². The van der Waals surface area contributed by atoms with Gasteiger partial charge in [-0.3, -0.25) is 4.90 Å². The van der Waals surface area contributed by atoms with Crippen molar-refractivity contribution in [3.63, 3.8) is 0 Å². The number of amides is 1. The van der Waals surface area contributed by atoms with Crippen molar-refractivity contribution in [2.24, 2.45) is 0 Å². The van der Waals surface area contributed by atoms with Gasteiger partial charge in [0.1, 0.15) is 19.0 Å². The Bertz CT molecular complexity index is 1770. The van der Waals surface area contributed by atoms with Crippen LogP contribution >= 0.6 is 0 Å². The zero-order valence-corrected chi connectivity index (χ0v) is 27.6. The zero-order valence-electron chi connectivity index (χ0n) is 27.6. The molecule has 48 heavy (non-hydrogen) atoms. The minimum absolute atomic E-state index is 0.197. The number of aromatic nitrogens is 2. The molecule has 2 fully saturated rings. The Morgan fingerprint density at radius 3 is 2.62 bits per heavy atom. The molecule has 10 heteroatoms. The van der Waals surface area contributed by atoms with Crippen LogP contribution in [0.4, 0.5) is 16.3 Å². The third-order valence-corrected chi connectivity index (χ3v) is 9.99. The Morgan fingerprint density at radius 1 is 0.938 bits per heavy atom. The summed E-state index contributed by atoms with van der Waals surface area (Å²) in [5.41, 5.74) is 4.21. The van der Waals surface area contributed by atoms with Gasteiger partial charge in [0, 0.05) is 48.9 Å². The number of carbonyl (C=O) groups excluding carboxylic acids is 1. The molecule has 0 radical (unpaired) electrons. The van der Waals surface area contributed by atoms with Crippen molar-refractivity contribution in [3.05, 3.63) is 89.6 Å². The fourth-order valence-corrected chi connectivity index (χ4v) is 7.45. The number of ether oxygens (including phenoxy) is 2. The SMILES string of the molecule is CCN1CCCC1COc1nc2c(c(N3CCN(C(=O)OCc4ccccc4)C(CC#N)C3)n1)CCN(c1cccc3ccccc13)C2. The van der Waals surface area contributed by atoms with Crippen molar-refractivity contribution in [1.29, 1.82) is 5.26 Å². The van der Waals surface area contributed by atoms with Crippen LogP contribution in [0.5, 0.6) is 6.01 Å². The number of anilines is 2. The molecule has 3 aliphatic rings. The van der Waals surface area contributed by atoms with Gasteiger partial charge in [0.15, 0.2) is 0 Å². The Hall–Kier alpha value is -4.88. The van der Waals surface area contributed by atoms with Crippen LogP contribution in [0, 0.1) is 11.3 Å². The van der Waals surface area contributed by atoms with Crippen molar-refractivity contribution in [2.45, 2.75) is 57.8 Å². The van der Waals surface area contributed by atoms with Gasteiger partial charge in [0.05, 0.1) is 30.8 Å². The summed E-state index contributed by atoms with van der Waals surface area (Å²) in [5.74, 6) is 0.853. The first-order valence-electron chi connectivity index (χ1n) is 17.2. The van der Waals surface area contributed by atoms with Gasteiger partial charge in [-0.25, -0.2) is 4.79 Å². The zero-order chi connectivity index (χ0) is 32.9. The highest BCUT2D eigenvalue weighted by molar-refractivity contribution is 5.94. The maximum Gasteiger partial charge on any atom is 0.410 e. The van der Waals surface area contributed by atoms with E-state index < -0.39 is 6.09 Å². The maximum absolute atomic E-state index is 13.2. The van der Waals surface area contributed by atoms with Crippen LogP contribution in [-0.4, -0.2) is 83.8 Å². The number of likely N-dealkylation sites (N-methyl/N-ethyl adjacent to an activating group) is 1. The van der Waals surface area contributed by atoms with E-state index in [9.17, 15) is 10.1 Å². The van der Waals surface area contributed by atoms with Crippen molar-refractivity contribution in [1.82, 2.24) is 19.8 Å². The Kier molecular flexibility index (Phi) is 9.57. The van der Waals surface area contributed by atoms with E-state index in [-0.39, 0.29) is 19.1 Å². The molecule has 0 spiro atoms. The Balaban J connectivity index is 1.15. The maximum atomic E-state index is 13.2. The van der Waals surface area contributed by atoms with E-state index >= 15 is 0 Å².